The molecule has 154 valence electrons. The quantitative estimate of drug-likeness (QED) is 0.775. The van der Waals surface area contributed by atoms with Crippen LogP contribution in [0.5, 0.6) is 0 Å². The minimum atomic E-state index is -0.347. The number of H-pyrrole nitrogens is 1. The number of hydrogen-bond donors (Lipinski definition) is 2. The van der Waals surface area contributed by atoms with Crippen molar-refractivity contribution in [2.45, 2.75) is 40.7 Å². The molecule has 29 heavy (non-hydrogen) atoms. The highest BCUT2D eigenvalue weighted by Gasteiger charge is 2.36. The van der Waals surface area contributed by atoms with Crippen molar-refractivity contribution in [2.75, 3.05) is 13.1 Å². The molecule has 0 saturated carbocycles. The van der Waals surface area contributed by atoms with Crippen molar-refractivity contribution < 1.29 is 14.0 Å². The van der Waals surface area contributed by atoms with Crippen LogP contribution in [0.1, 0.15) is 48.8 Å². The summed E-state index contributed by atoms with van der Waals surface area (Å²) in [5.41, 5.74) is 4.09. The fourth-order valence-electron chi connectivity index (χ4n) is 3.94. The second kappa shape index (κ2) is 8.23. The molecule has 0 radical (unpaired) electrons. The normalized spacial score (nSPS) is 16.1. The Balaban J connectivity index is 1.86. The molecule has 1 aliphatic rings. The van der Waals surface area contributed by atoms with Gasteiger partial charge in [-0.15, -0.1) is 0 Å². The van der Waals surface area contributed by atoms with E-state index in [1.54, 1.807) is 24.0 Å². The van der Waals surface area contributed by atoms with Crippen LogP contribution in [0.4, 0.5) is 4.39 Å². The van der Waals surface area contributed by atoms with E-state index in [9.17, 15) is 14.0 Å². The van der Waals surface area contributed by atoms with E-state index in [1.165, 1.54) is 12.1 Å². The Hall–Kier alpha value is -2.89. The average molecular weight is 397 g/mol. The van der Waals surface area contributed by atoms with Crippen LogP contribution < -0.4 is 5.32 Å². The monoisotopic (exact) mass is 397 g/mol. The summed E-state index contributed by atoms with van der Waals surface area (Å²) >= 11 is 0. The number of aromatic nitrogens is 1. The zero-order valence-electron chi connectivity index (χ0n) is 17.4. The van der Waals surface area contributed by atoms with Gasteiger partial charge in [-0.2, -0.15) is 0 Å². The molecule has 2 aromatic rings. The van der Waals surface area contributed by atoms with Gasteiger partial charge in [0.15, 0.2) is 0 Å². The smallest absolute Gasteiger partial charge is 0.270 e. The van der Waals surface area contributed by atoms with Crippen molar-refractivity contribution in [3.63, 3.8) is 0 Å². The molecule has 0 unspecified atom stereocenters. The van der Waals surface area contributed by atoms with E-state index in [4.69, 9.17) is 0 Å². The van der Waals surface area contributed by atoms with E-state index in [1.807, 2.05) is 19.2 Å². The van der Waals surface area contributed by atoms with Crippen molar-refractivity contribution in [1.82, 2.24) is 15.2 Å². The Morgan fingerprint density at radius 2 is 1.93 bits per heavy atom. The highest BCUT2D eigenvalue weighted by atomic mass is 19.1. The van der Waals surface area contributed by atoms with Gasteiger partial charge in [0.1, 0.15) is 17.3 Å². The summed E-state index contributed by atoms with van der Waals surface area (Å²) in [4.78, 5) is 29.7. The molecular formula is C23H28FN3O2. The number of carbonyl (C=O) groups excluding carboxylic acids is 2. The number of amides is 1. The Kier molecular flexibility index (Phi) is 5.91. The maximum atomic E-state index is 13.2. The summed E-state index contributed by atoms with van der Waals surface area (Å²) in [7, 11) is 0. The summed E-state index contributed by atoms with van der Waals surface area (Å²) in [6.45, 7) is 9.12. The third kappa shape index (κ3) is 4.94. The van der Waals surface area contributed by atoms with Crippen LogP contribution in [0.2, 0.25) is 0 Å². The lowest BCUT2D eigenvalue weighted by Crippen LogP contribution is -2.48. The molecule has 0 aliphatic carbocycles. The maximum absolute atomic E-state index is 13.2. The lowest BCUT2D eigenvalue weighted by Gasteiger charge is -2.42. The van der Waals surface area contributed by atoms with Crippen LogP contribution in [-0.2, 0) is 11.3 Å². The van der Waals surface area contributed by atoms with Gasteiger partial charge in [-0.05, 0) is 48.7 Å². The highest BCUT2D eigenvalue weighted by molar-refractivity contribution is 5.93. The first-order valence-electron chi connectivity index (χ1n) is 9.80. The highest BCUT2D eigenvalue weighted by Crippen LogP contribution is 2.35. The molecule has 0 atom stereocenters. The fraction of sp³-hybridized carbons (Fsp3) is 0.391. The number of halogens is 1. The molecule has 1 aromatic heterocycles. The Bertz CT molecular complexity index is 941. The topological polar surface area (TPSA) is 65.2 Å². The van der Waals surface area contributed by atoms with Gasteiger partial charge in [0.2, 0.25) is 0 Å². The van der Waals surface area contributed by atoms with Gasteiger partial charge in [0.25, 0.3) is 5.91 Å². The van der Waals surface area contributed by atoms with Gasteiger partial charge >= 0.3 is 0 Å². The summed E-state index contributed by atoms with van der Waals surface area (Å²) < 4.78 is 13.2. The first-order valence-corrected chi connectivity index (χ1v) is 9.80. The van der Waals surface area contributed by atoms with Crippen LogP contribution >= 0.6 is 0 Å². The fourth-order valence-corrected chi connectivity index (χ4v) is 3.94. The van der Waals surface area contributed by atoms with E-state index in [-0.39, 0.29) is 22.9 Å². The molecule has 2 N–H and O–H groups in total. The van der Waals surface area contributed by atoms with Crippen molar-refractivity contribution in [3.8, 4) is 0 Å². The molecule has 6 heteroatoms. The number of rotatable bonds is 6. The number of aryl methyl sites for hydroxylation is 1. The van der Waals surface area contributed by atoms with Gasteiger partial charge in [-0.1, -0.05) is 26.0 Å². The van der Waals surface area contributed by atoms with Gasteiger partial charge < -0.3 is 15.2 Å². The molecule has 1 aliphatic heterocycles. The molecule has 0 saturated heterocycles. The number of carbonyl (C=O) groups is 2. The lowest BCUT2D eigenvalue weighted by atomic mass is 9.81. The molecule has 2 heterocycles. The third-order valence-corrected chi connectivity index (χ3v) is 5.19. The van der Waals surface area contributed by atoms with Crippen molar-refractivity contribution in [3.05, 3.63) is 70.4 Å². The number of ketones is 1. The van der Waals surface area contributed by atoms with E-state index >= 15 is 0 Å². The molecule has 1 amide bonds. The largest absolute Gasteiger partial charge is 0.384 e. The van der Waals surface area contributed by atoms with E-state index in [0.29, 0.717) is 31.7 Å². The van der Waals surface area contributed by atoms with Crippen LogP contribution in [0.25, 0.3) is 0 Å². The molecule has 0 bridgehead atoms. The summed E-state index contributed by atoms with van der Waals surface area (Å²) in [6.07, 6.45) is 2.10. The Labute approximate surface area is 171 Å². The van der Waals surface area contributed by atoms with Crippen molar-refractivity contribution in [1.29, 1.82) is 0 Å². The Morgan fingerprint density at radius 3 is 2.52 bits per heavy atom. The van der Waals surface area contributed by atoms with Crippen LogP contribution in [-0.4, -0.2) is 34.7 Å². The van der Waals surface area contributed by atoms with Crippen LogP contribution in [0.15, 0.2) is 47.8 Å². The van der Waals surface area contributed by atoms with Gasteiger partial charge in [0, 0.05) is 43.4 Å². The summed E-state index contributed by atoms with van der Waals surface area (Å²) in [6, 6.07) is 8.20. The van der Waals surface area contributed by atoms with Crippen LogP contribution in [0, 0.1) is 18.2 Å². The van der Waals surface area contributed by atoms with Gasteiger partial charge in [-0.25, -0.2) is 4.39 Å². The number of aromatic amines is 1. The molecule has 0 spiro atoms. The number of benzene rings is 1. The molecule has 1 aromatic carbocycles. The number of Topliss-reactive ketones (excluding diaryl/α,β-unsaturated/α-hetero) is 1. The number of hydrogen-bond acceptors (Lipinski definition) is 3. The maximum Gasteiger partial charge on any atom is 0.270 e. The predicted octanol–water partition coefficient (Wildman–Crippen LogP) is 3.97. The first kappa shape index (κ1) is 20.8. The Morgan fingerprint density at radius 1 is 1.24 bits per heavy atom. The second-order valence-corrected chi connectivity index (χ2v) is 8.47. The van der Waals surface area contributed by atoms with Crippen LogP contribution in [0.3, 0.4) is 0 Å². The summed E-state index contributed by atoms with van der Waals surface area (Å²) in [5.74, 6) is -0.274. The zero-order chi connectivity index (χ0) is 21.2. The predicted molar refractivity (Wildman–Crippen MR) is 111 cm³/mol. The minimum Gasteiger partial charge on any atom is -0.384 e. The van der Waals surface area contributed by atoms with Crippen molar-refractivity contribution in [2.24, 2.45) is 5.41 Å². The van der Waals surface area contributed by atoms with E-state index < -0.39 is 0 Å². The lowest BCUT2D eigenvalue weighted by molar-refractivity contribution is -0.116. The standard InChI is InChI=1S/C23H28FN3O2/c1-15-9-20(25-11-15)22(29)27-13-18(10-16(2)28)21(23(3,4)14-27)26-12-17-5-7-19(24)8-6-17/h5-9,11,25-26H,10,12-14H2,1-4H3. The first-order chi connectivity index (χ1) is 13.7. The minimum absolute atomic E-state index is 0.0573. The van der Waals surface area contributed by atoms with E-state index in [2.05, 4.69) is 24.1 Å². The molecule has 0 fully saturated rings. The van der Waals surface area contributed by atoms with Gasteiger partial charge in [0.05, 0.1) is 0 Å². The van der Waals surface area contributed by atoms with E-state index in [0.717, 1.165) is 22.4 Å². The summed E-state index contributed by atoms with van der Waals surface area (Å²) in [5, 5.41) is 3.47. The molecule has 3 rings (SSSR count). The molecular weight excluding hydrogens is 369 g/mol. The second-order valence-electron chi connectivity index (χ2n) is 8.47. The van der Waals surface area contributed by atoms with Crippen molar-refractivity contribution >= 4 is 11.7 Å². The number of nitrogens with zero attached hydrogens (tertiary/aromatic N) is 1. The SMILES string of the molecule is CC(=O)CC1=C(NCc2ccc(F)cc2)C(C)(C)CN(C(=O)c2cc(C)c[nH]2)C1. The number of nitrogens with one attached hydrogen (secondary N) is 2. The van der Waals surface area contributed by atoms with Gasteiger partial charge in [-0.3, -0.25) is 9.59 Å². The third-order valence-electron chi connectivity index (χ3n) is 5.19. The average Bonchev–Trinajstić information content (AvgIpc) is 3.07. The molecule has 5 nitrogen and oxygen atoms in total. The zero-order valence-corrected chi connectivity index (χ0v) is 17.4.